The molecule has 2 heterocycles. The molecular weight excluding hydrogens is 322 g/mol. The van der Waals surface area contributed by atoms with E-state index in [-0.39, 0.29) is 24.2 Å². The van der Waals surface area contributed by atoms with Gasteiger partial charge in [-0.1, -0.05) is 12.1 Å². The predicted octanol–water partition coefficient (Wildman–Crippen LogP) is 3.42. The fourth-order valence-corrected chi connectivity index (χ4v) is 3.06. The van der Waals surface area contributed by atoms with Gasteiger partial charge in [-0.2, -0.15) is 0 Å². The van der Waals surface area contributed by atoms with Crippen molar-refractivity contribution in [3.8, 4) is 0 Å². The Labute approximate surface area is 149 Å². The number of anilines is 1. The molecule has 3 rings (SSSR count). The van der Waals surface area contributed by atoms with E-state index in [4.69, 9.17) is 0 Å². The summed E-state index contributed by atoms with van der Waals surface area (Å²) in [6, 6.07) is 12.6. The minimum absolute atomic E-state index is 0. The maximum atomic E-state index is 12.3. The Bertz CT molecular complexity index is 645. The highest BCUT2D eigenvalue weighted by Crippen LogP contribution is 2.19. The molecule has 0 radical (unpaired) electrons. The molecule has 4 nitrogen and oxygen atoms in total. The van der Waals surface area contributed by atoms with E-state index in [1.165, 1.54) is 11.1 Å². The van der Waals surface area contributed by atoms with Crippen molar-refractivity contribution in [2.24, 2.45) is 5.92 Å². The average Bonchev–Trinajstić information content (AvgIpc) is 2.57. The Morgan fingerprint density at radius 2 is 1.83 bits per heavy atom. The Balaban J connectivity index is 0.00000208. The van der Waals surface area contributed by atoms with E-state index < -0.39 is 0 Å². The van der Waals surface area contributed by atoms with Gasteiger partial charge in [-0.05, 0) is 68.1 Å². The number of carbonyl (C=O) groups excluding carboxylic acids is 1. The zero-order chi connectivity index (χ0) is 16.1. The van der Waals surface area contributed by atoms with Crippen LogP contribution in [0.4, 0.5) is 5.69 Å². The molecule has 1 aliphatic heterocycles. The third-order valence-corrected chi connectivity index (χ3v) is 4.37. The van der Waals surface area contributed by atoms with Gasteiger partial charge in [-0.25, -0.2) is 0 Å². The molecule has 1 saturated heterocycles. The molecule has 0 bridgehead atoms. The molecule has 2 atom stereocenters. The van der Waals surface area contributed by atoms with Gasteiger partial charge in [-0.3, -0.25) is 9.78 Å². The quantitative estimate of drug-likeness (QED) is 0.892. The van der Waals surface area contributed by atoms with E-state index in [0.29, 0.717) is 6.04 Å². The number of nitrogens with zero attached hydrogens (tertiary/aromatic N) is 1. The van der Waals surface area contributed by atoms with Gasteiger partial charge < -0.3 is 10.6 Å². The molecule has 0 saturated carbocycles. The first-order valence-corrected chi connectivity index (χ1v) is 8.23. The Morgan fingerprint density at radius 1 is 1.17 bits per heavy atom. The van der Waals surface area contributed by atoms with Crippen LogP contribution in [0.2, 0.25) is 0 Å². The van der Waals surface area contributed by atoms with Crippen LogP contribution in [0.3, 0.4) is 0 Å². The number of benzene rings is 1. The zero-order valence-corrected chi connectivity index (χ0v) is 14.7. The molecule has 1 aromatic carbocycles. The molecular formula is C19H24ClN3O. The van der Waals surface area contributed by atoms with Gasteiger partial charge >= 0.3 is 0 Å². The number of piperidine rings is 1. The first-order valence-electron chi connectivity index (χ1n) is 8.23. The van der Waals surface area contributed by atoms with Gasteiger partial charge in [0.2, 0.25) is 5.91 Å². The van der Waals surface area contributed by atoms with Crippen molar-refractivity contribution in [3.05, 3.63) is 59.9 Å². The molecule has 1 amide bonds. The second-order valence-corrected chi connectivity index (χ2v) is 6.29. The van der Waals surface area contributed by atoms with Gasteiger partial charge in [0.15, 0.2) is 0 Å². The van der Waals surface area contributed by atoms with Gasteiger partial charge in [0.25, 0.3) is 0 Å². The van der Waals surface area contributed by atoms with Gasteiger partial charge in [0.05, 0.1) is 0 Å². The zero-order valence-electron chi connectivity index (χ0n) is 13.9. The maximum absolute atomic E-state index is 12.3. The second-order valence-electron chi connectivity index (χ2n) is 6.29. The van der Waals surface area contributed by atoms with Crippen LogP contribution in [0.15, 0.2) is 48.8 Å². The van der Waals surface area contributed by atoms with Crippen LogP contribution < -0.4 is 10.6 Å². The summed E-state index contributed by atoms with van der Waals surface area (Å²) in [5, 5.41) is 6.42. The van der Waals surface area contributed by atoms with E-state index >= 15 is 0 Å². The number of pyridine rings is 1. The summed E-state index contributed by atoms with van der Waals surface area (Å²) in [5.74, 6) is 0.253. The summed E-state index contributed by atoms with van der Waals surface area (Å²) < 4.78 is 0. The summed E-state index contributed by atoms with van der Waals surface area (Å²) in [7, 11) is 0. The van der Waals surface area contributed by atoms with E-state index in [9.17, 15) is 4.79 Å². The third kappa shape index (κ3) is 5.05. The number of halogens is 1. The normalized spacial score (nSPS) is 20.0. The fourth-order valence-electron chi connectivity index (χ4n) is 3.06. The summed E-state index contributed by atoms with van der Waals surface area (Å²) in [6.45, 7) is 3.05. The number of amides is 1. The number of nitrogens with one attached hydrogen (secondary N) is 2. The number of hydrogen-bond acceptors (Lipinski definition) is 3. The summed E-state index contributed by atoms with van der Waals surface area (Å²) in [5.41, 5.74) is 3.34. The lowest BCUT2D eigenvalue weighted by Gasteiger charge is -2.27. The van der Waals surface area contributed by atoms with Crippen molar-refractivity contribution in [2.45, 2.75) is 32.2 Å². The summed E-state index contributed by atoms with van der Waals surface area (Å²) in [6.07, 6.45) is 6.32. The number of carbonyl (C=O) groups is 1. The maximum Gasteiger partial charge on any atom is 0.227 e. The Morgan fingerprint density at radius 3 is 2.50 bits per heavy atom. The van der Waals surface area contributed by atoms with Crippen LogP contribution in [0.1, 0.15) is 30.9 Å². The van der Waals surface area contributed by atoms with E-state index in [1.807, 2.05) is 36.7 Å². The Hall–Kier alpha value is -1.91. The number of aromatic nitrogens is 1. The summed E-state index contributed by atoms with van der Waals surface area (Å²) >= 11 is 0. The molecule has 0 aliphatic carbocycles. The topological polar surface area (TPSA) is 54.0 Å². The molecule has 1 aromatic heterocycles. The molecule has 1 aliphatic rings. The van der Waals surface area contributed by atoms with Gasteiger partial charge in [-0.15, -0.1) is 12.4 Å². The molecule has 2 N–H and O–H groups in total. The minimum atomic E-state index is 0. The molecule has 24 heavy (non-hydrogen) atoms. The van der Waals surface area contributed by atoms with Crippen molar-refractivity contribution in [2.75, 3.05) is 11.9 Å². The first kappa shape index (κ1) is 18.4. The van der Waals surface area contributed by atoms with Gasteiger partial charge in [0.1, 0.15) is 0 Å². The monoisotopic (exact) mass is 345 g/mol. The van der Waals surface area contributed by atoms with Crippen molar-refractivity contribution >= 4 is 24.0 Å². The Kier molecular flexibility index (Phi) is 6.76. The van der Waals surface area contributed by atoms with E-state index in [0.717, 1.165) is 31.5 Å². The first-order chi connectivity index (χ1) is 11.2. The molecule has 0 spiro atoms. The van der Waals surface area contributed by atoms with Crippen LogP contribution in [-0.2, 0) is 11.2 Å². The van der Waals surface area contributed by atoms with Crippen LogP contribution in [0.25, 0.3) is 0 Å². The van der Waals surface area contributed by atoms with Crippen molar-refractivity contribution in [3.63, 3.8) is 0 Å². The van der Waals surface area contributed by atoms with Crippen LogP contribution >= 0.6 is 12.4 Å². The molecule has 128 valence electrons. The van der Waals surface area contributed by atoms with Crippen molar-refractivity contribution in [1.29, 1.82) is 0 Å². The van der Waals surface area contributed by atoms with E-state index in [2.05, 4.69) is 34.7 Å². The highest BCUT2D eigenvalue weighted by molar-refractivity contribution is 5.92. The SMILES string of the molecule is C[C@H]1C[C@@H](C(=O)Nc2ccc(Cc3ccncc3)cc2)CCN1.Cl. The summed E-state index contributed by atoms with van der Waals surface area (Å²) in [4.78, 5) is 16.4. The van der Waals surface area contributed by atoms with Crippen LogP contribution in [0.5, 0.6) is 0 Å². The minimum Gasteiger partial charge on any atom is -0.326 e. The smallest absolute Gasteiger partial charge is 0.227 e. The highest BCUT2D eigenvalue weighted by Gasteiger charge is 2.24. The lowest BCUT2D eigenvalue weighted by molar-refractivity contribution is -0.120. The molecule has 0 unspecified atom stereocenters. The van der Waals surface area contributed by atoms with Gasteiger partial charge in [0, 0.05) is 30.0 Å². The van der Waals surface area contributed by atoms with Crippen molar-refractivity contribution in [1.82, 2.24) is 10.3 Å². The predicted molar refractivity (Wildman–Crippen MR) is 99.6 cm³/mol. The highest BCUT2D eigenvalue weighted by atomic mass is 35.5. The average molecular weight is 346 g/mol. The largest absolute Gasteiger partial charge is 0.326 e. The van der Waals surface area contributed by atoms with Crippen molar-refractivity contribution < 1.29 is 4.79 Å². The molecule has 5 heteroatoms. The van der Waals surface area contributed by atoms with Crippen LogP contribution in [-0.4, -0.2) is 23.5 Å². The standard InChI is InChI=1S/C19H23N3O.ClH/c1-14-12-17(8-11-21-14)19(23)22-18-4-2-15(3-5-18)13-16-6-9-20-10-7-16;/h2-7,9-10,14,17,21H,8,11-13H2,1H3,(H,22,23);1H/t14-,17-;/m0./s1. The number of rotatable bonds is 4. The fraction of sp³-hybridized carbons (Fsp3) is 0.368. The van der Waals surface area contributed by atoms with E-state index in [1.54, 1.807) is 0 Å². The molecule has 2 aromatic rings. The third-order valence-electron chi connectivity index (χ3n) is 4.37. The lowest BCUT2D eigenvalue weighted by atomic mass is 9.92. The second kappa shape index (κ2) is 8.81. The number of hydrogen-bond donors (Lipinski definition) is 2. The lowest BCUT2D eigenvalue weighted by Crippen LogP contribution is -2.40. The molecule has 1 fully saturated rings. The van der Waals surface area contributed by atoms with Crippen LogP contribution in [0, 0.1) is 5.92 Å².